The third kappa shape index (κ3) is 2.57. The highest BCUT2D eigenvalue weighted by molar-refractivity contribution is 6.29. The van der Waals surface area contributed by atoms with E-state index in [0.29, 0.717) is 5.22 Å². The van der Waals surface area contributed by atoms with Crippen molar-refractivity contribution in [3.05, 3.63) is 58.3 Å². The first-order valence-corrected chi connectivity index (χ1v) is 6.23. The van der Waals surface area contributed by atoms with Gasteiger partial charge in [0.05, 0.1) is 12.3 Å². The van der Waals surface area contributed by atoms with Gasteiger partial charge < -0.3 is 9.73 Å². The first kappa shape index (κ1) is 13.1. The summed E-state index contributed by atoms with van der Waals surface area (Å²) in [4.78, 5) is 0. The van der Waals surface area contributed by atoms with E-state index in [1.807, 2.05) is 13.8 Å². The van der Waals surface area contributed by atoms with Gasteiger partial charge >= 0.3 is 0 Å². The zero-order chi connectivity index (χ0) is 13.1. The molecule has 0 saturated heterocycles. The highest BCUT2D eigenvalue weighted by atomic mass is 35.5. The van der Waals surface area contributed by atoms with Gasteiger partial charge in [-0.05, 0) is 54.4 Å². The molecular formula is C14H15ClFNO. The second kappa shape index (κ2) is 5.55. The van der Waals surface area contributed by atoms with Gasteiger partial charge in [-0.3, -0.25) is 0 Å². The molecule has 1 heterocycles. The molecule has 0 saturated carbocycles. The number of halogens is 2. The van der Waals surface area contributed by atoms with Gasteiger partial charge in [-0.2, -0.15) is 0 Å². The van der Waals surface area contributed by atoms with E-state index in [1.165, 1.54) is 18.4 Å². The zero-order valence-corrected chi connectivity index (χ0v) is 11.1. The summed E-state index contributed by atoms with van der Waals surface area (Å²) < 4.78 is 18.5. The van der Waals surface area contributed by atoms with Crippen molar-refractivity contribution in [2.75, 3.05) is 6.54 Å². The zero-order valence-electron chi connectivity index (χ0n) is 10.3. The fourth-order valence-corrected chi connectivity index (χ4v) is 2.25. The quantitative estimate of drug-likeness (QED) is 0.903. The average Bonchev–Trinajstić information content (AvgIpc) is 2.76. The van der Waals surface area contributed by atoms with E-state index in [9.17, 15) is 4.39 Å². The van der Waals surface area contributed by atoms with Gasteiger partial charge in [0.25, 0.3) is 0 Å². The molecule has 0 bridgehead atoms. The maximum Gasteiger partial charge on any atom is 0.198 e. The van der Waals surface area contributed by atoms with Gasteiger partial charge in [-0.25, -0.2) is 4.39 Å². The molecule has 1 unspecified atom stereocenters. The molecule has 0 aliphatic heterocycles. The van der Waals surface area contributed by atoms with Crippen LogP contribution in [0.5, 0.6) is 0 Å². The molecule has 0 amide bonds. The van der Waals surface area contributed by atoms with Crippen molar-refractivity contribution >= 4 is 11.6 Å². The molecule has 0 spiro atoms. The number of rotatable bonds is 4. The average molecular weight is 268 g/mol. The van der Waals surface area contributed by atoms with Gasteiger partial charge in [0.1, 0.15) is 5.82 Å². The van der Waals surface area contributed by atoms with E-state index in [1.54, 1.807) is 12.1 Å². The molecule has 4 heteroatoms. The number of nitrogens with one attached hydrogen (secondary N) is 1. The normalized spacial score (nSPS) is 12.7. The standard InChI is InChI=1S/C14H15ClFNO/c1-3-17-13(11-6-7-18-14(11)15)12-8-10(16)5-4-9(12)2/h4-8,13,17H,3H2,1-2H3. The lowest BCUT2D eigenvalue weighted by atomic mass is 9.96. The maximum atomic E-state index is 13.4. The van der Waals surface area contributed by atoms with Crippen LogP contribution in [-0.2, 0) is 0 Å². The smallest absolute Gasteiger partial charge is 0.198 e. The van der Waals surface area contributed by atoms with Gasteiger partial charge in [-0.1, -0.05) is 13.0 Å². The SMILES string of the molecule is CCNC(c1cc(F)ccc1C)c1ccoc1Cl. The Kier molecular flexibility index (Phi) is 4.04. The minimum Gasteiger partial charge on any atom is -0.453 e. The molecule has 0 aliphatic carbocycles. The summed E-state index contributed by atoms with van der Waals surface area (Å²) >= 11 is 6.01. The molecule has 0 fully saturated rings. The topological polar surface area (TPSA) is 25.2 Å². The van der Waals surface area contributed by atoms with Crippen LogP contribution in [0, 0.1) is 12.7 Å². The summed E-state index contributed by atoms with van der Waals surface area (Å²) in [5.41, 5.74) is 2.71. The lowest BCUT2D eigenvalue weighted by Gasteiger charge is -2.19. The second-order valence-corrected chi connectivity index (χ2v) is 4.48. The van der Waals surface area contributed by atoms with Crippen LogP contribution in [0.25, 0.3) is 0 Å². The Hall–Kier alpha value is -1.32. The number of hydrogen-bond donors (Lipinski definition) is 1. The minimum atomic E-state index is -0.252. The van der Waals surface area contributed by atoms with Crippen molar-refractivity contribution in [2.45, 2.75) is 19.9 Å². The van der Waals surface area contributed by atoms with Crippen LogP contribution in [0.3, 0.4) is 0 Å². The summed E-state index contributed by atoms with van der Waals surface area (Å²) in [5.74, 6) is -0.252. The van der Waals surface area contributed by atoms with Crippen molar-refractivity contribution in [1.82, 2.24) is 5.32 Å². The fourth-order valence-electron chi connectivity index (χ4n) is 2.02. The molecule has 0 aliphatic rings. The van der Waals surface area contributed by atoms with Crippen LogP contribution >= 0.6 is 11.6 Å². The van der Waals surface area contributed by atoms with Crippen molar-refractivity contribution in [3.63, 3.8) is 0 Å². The van der Waals surface area contributed by atoms with Gasteiger partial charge in [0.15, 0.2) is 5.22 Å². The fraction of sp³-hybridized carbons (Fsp3) is 0.286. The van der Waals surface area contributed by atoms with Crippen molar-refractivity contribution in [1.29, 1.82) is 0 Å². The predicted octanol–water partition coefficient (Wildman–Crippen LogP) is 4.08. The molecule has 1 aromatic heterocycles. The Morgan fingerprint density at radius 2 is 2.11 bits per heavy atom. The van der Waals surface area contributed by atoms with E-state index in [2.05, 4.69) is 5.32 Å². The third-order valence-electron chi connectivity index (χ3n) is 2.92. The van der Waals surface area contributed by atoms with E-state index in [4.69, 9.17) is 16.0 Å². The van der Waals surface area contributed by atoms with E-state index < -0.39 is 0 Å². The lowest BCUT2D eigenvalue weighted by molar-refractivity contribution is 0.553. The maximum absolute atomic E-state index is 13.4. The Bertz CT molecular complexity index is 538. The largest absolute Gasteiger partial charge is 0.453 e. The highest BCUT2D eigenvalue weighted by Crippen LogP contribution is 2.31. The molecule has 0 radical (unpaired) electrons. The van der Waals surface area contributed by atoms with Gasteiger partial charge in [0.2, 0.25) is 0 Å². The number of furan rings is 1. The molecule has 2 rings (SSSR count). The molecule has 18 heavy (non-hydrogen) atoms. The van der Waals surface area contributed by atoms with Crippen LogP contribution in [0.15, 0.2) is 34.9 Å². The Labute approximate surface area is 111 Å². The molecule has 1 aromatic carbocycles. The van der Waals surface area contributed by atoms with E-state index in [0.717, 1.165) is 23.2 Å². The molecular weight excluding hydrogens is 253 g/mol. The van der Waals surface area contributed by atoms with Crippen molar-refractivity contribution < 1.29 is 8.81 Å². The number of aryl methyl sites for hydroxylation is 1. The predicted molar refractivity (Wildman–Crippen MR) is 70.4 cm³/mol. The third-order valence-corrected chi connectivity index (χ3v) is 3.22. The lowest BCUT2D eigenvalue weighted by Crippen LogP contribution is -2.22. The minimum absolute atomic E-state index is 0.156. The number of benzene rings is 1. The Morgan fingerprint density at radius 3 is 2.72 bits per heavy atom. The van der Waals surface area contributed by atoms with Crippen LogP contribution in [0.4, 0.5) is 4.39 Å². The van der Waals surface area contributed by atoms with Crippen molar-refractivity contribution in [2.24, 2.45) is 0 Å². The molecule has 2 aromatic rings. The summed E-state index contributed by atoms with van der Waals surface area (Å²) in [6.07, 6.45) is 1.54. The molecule has 2 nitrogen and oxygen atoms in total. The van der Waals surface area contributed by atoms with Crippen LogP contribution < -0.4 is 5.32 Å². The molecule has 1 atom stereocenters. The summed E-state index contributed by atoms with van der Waals surface area (Å²) in [7, 11) is 0. The first-order valence-electron chi connectivity index (χ1n) is 5.85. The number of hydrogen-bond acceptors (Lipinski definition) is 2. The monoisotopic (exact) mass is 267 g/mol. The van der Waals surface area contributed by atoms with Crippen LogP contribution in [-0.4, -0.2) is 6.54 Å². The summed E-state index contributed by atoms with van der Waals surface area (Å²) in [6.45, 7) is 4.70. The van der Waals surface area contributed by atoms with E-state index in [-0.39, 0.29) is 11.9 Å². The van der Waals surface area contributed by atoms with Gasteiger partial charge in [0, 0.05) is 5.56 Å². The van der Waals surface area contributed by atoms with E-state index >= 15 is 0 Å². The highest BCUT2D eigenvalue weighted by Gasteiger charge is 2.20. The first-order chi connectivity index (χ1) is 8.63. The summed E-state index contributed by atoms with van der Waals surface area (Å²) in [6, 6.07) is 6.41. The second-order valence-electron chi connectivity index (χ2n) is 4.14. The Balaban J connectivity index is 2.48. The Morgan fingerprint density at radius 1 is 1.33 bits per heavy atom. The van der Waals surface area contributed by atoms with Crippen LogP contribution in [0.1, 0.15) is 29.7 Å². The molecule has 1 N–H and O–H groups in total. The van der Waals surface area contributed by atoms with Crippen LogP contribution in [0.2, 0.25) is 5.22 Å². The van der Waals surface area contributed by atoms with Gasteiger partial charge in [-0.15, -0.1) is 0 Å². The summed E-state index contributed by atoms with van der Waals surface area (Å²) in [5, 5.41) is 3.64. The molecule has 96 valence electrons. The van der Waals surface area contributed by atoms with Crippen molar-refractivity contribution in [3.8, 4) is 0 Å².